The Morgan fingerprint density at radius 2 is 1.79 bits per heavy atom. The summed E-state index contributed by atoms with van der Waals surface area (Å²) < 4.78 is 38.1. The molecule has 0 aromatic heterocycles. The van der Waals surface area contributed by atoms with Crippen molar-refractivity contribution in [3.05, 3.63) is 53.6 Å². The third-order valence-electron chi connectivity index (χ3n) is 5.18. The number of benzene rings is 2. The lowest BCUT2D eigenvalue weighted by Gasteiger charge is -2.32. The SMILES string of the molecule is O=C(CSc1ccc(F)cc1F)NC1(c2ccc3c(c2)OCCO3)CCCC1. The first kappa shape index (κ1) is 19.1. The van der Waals surface area contributed by atoms with Gasteiger partial charge in [-0.15, -0.1) is 11.8 Å². The molecule has 4 rings (SSSR count). The Hall–Kier alpha value is -2.28. The van der Waals surface area contributed by atoms with Crippen molar-refractivity contribution in [3.8, 4) is 11.5 Å². The number of carbonyl (C=O) groups excluding carboxylic acids is 1. The van der Waals surface area contributed by atoms with Crippen molar-refractivity contribution in [1.82, 2.24) is 5.32 Å². The van der Waals surface area contributed by atoms with E-state index in [2.05, 4.69) is 5.32 Å². The molecule has 1 fully saturated rings. The zero-order valence-electron chi connectivity index (χ0n) is 15.3. The number of thioether (sulfide) groups is 1. The number of halogens is 2. The molecule has 1 amide bonds. The van der Waals surface area contributed by atoms with Gasteiger partial charge >= 0.3 is 0 Å². The number of fused-ring (bicyclic) bond motifs is 1. The average molecular weight is 405 g/mol. The van der Waals surface area contributed by atoms with Crippen LogP contribution in [0.15, 0.2) is 41.3 Å². The summed E-state index contributed by atoms with van der Waals surface area (Å²) in [4.78, 5) is 12.9. The minimum absolute atomic E-state index is 0.0643. The van der Waals surface area contributed by atoms with Gasteiger partial charge in [-0.25, -0.2) is 8.78 Å². The molecular weight excluding hydrogens is 384 g/mol. The van der Waals surface area contributed by atoms with Crippen LogP contribution >= 0.6 is 11.8 Å². The second-order valence-corrected chi connectivity index (χ2v) is 8.08. The van der Waals surface area contributed by atoms with Gasteiger partial charge < -0.3 is 14.8 Å². The summed E-state index contributed by atoms with van der Waals surface area (Å²) in [5.74, 6) is 0.0267. The highest BCUT2D eigenvalue weighted by Crippen LogP contribution is 2.42. The highest BCUT2D eigenvalue weighted by molar-refractivity contribution is 8.00. The molecule has 2 aromatic carbocycles. The zero-order chi connectivity index (χ0) is 19.6. The van der Waals surface area contributed by atoms with Crippen LogP contribution in [-0.4, -0.2) is 24.9 Å². The predicted molar refractivity (Wildman–Crippen MR) is 103 cm³/mol. The maximum Gasteiger partial charge on any atom is 0.231 e. The molecule has 0 spiro atoms. The Morgan fingerprint density at radius 1 is 1.04 bits per heavy atom. The minimum Gasteiger partial charge on any atom is -0.486 e. The van der Waals surface area contributed by atoms with Crippen molar-refractivity contribution < 1.29 is 23.0 Å². The van der Waals surface area contributed by atoms with Gasteiger partial charge in [0.05, 0.1) is 11.3 Å². The Labute approximate surface area is 166 Å². The molecule has 2 aliphatic rings. The molecule has 1 N–H and O–H groups in total. The van der Waals surface area contributed by atoms with Gasteiger partial charge in [-0.05, 0) is 42.7 Å². The quantitative estimate of drug-likeness (QED) is 0.749. The summed E-state index contributed by atoms with van der Waals surface area (Å²) in [6, 6.07) is 9.19. The maximum absolute atomic E-state index is 13.8. The molecule has 4 nitrogen and oxygen atoms in total. The Bertz CT molecular complexity index is 884. The second-order valence-electron chi connectivity index (χ2n) is 7.06. The highest BCUT2D eigenvalue weighted by Gasteiger charge is 2.37. The van der Waals surface area contributed by atoms with E-state index in [-0.39, 0.29) is 16.6 Å². The number of ether oxygens (including phenoxy) is 2. The van der Waals surface area contributed by atoms with Crippen LogP contribution in [0.1, 0.15) is 31.2 Å². The van der Waals surface area contributed by atoms with E-state index < -0.39 is 17.2 Å². The molecule has 148 valence electrons. The monoisotopic (exact) mass is 405 g/mol. The van der Waals surface area contributed by atoms with E-state index in [4.69, 9.17) is 9.47 Å². The molecule has 1 heterocycles. The topological polar surface area (TPSA) is 47.6 Å². The number of hydrogen-bond donors (Lipinski definition) is 1. The van der Waals surface area contributed by atoms with E-state index in [1.54, 1.807) is 0 Å². The van der Waals surface area contributed by atoms with E-state index >= 15 is 0 Å². The summed E-state index contributed by atoms with van der Waals surface area (Å²) in [5.41, 5.74) is 0.551. The van der Waals surface area contributed by atoms with Crippen molar-refractivity contribution in [2.24, 2.45) is 0 Å². The van der Waals surface area contributed by atoms with Crippen molar-refractivity contribution in [2.75, 3.05) is 19.0 Å². The van der Waals surface area contributed by atoms with Gasteiger partial charge in [0, 0.05) is 11.0 Å². The van der Waals surface area contributed by atoms with Gasteiger partial charge in [0.2, 0.25) is 5.91 Å². The van der Waals surface area contributed by atoms with Crippen molar-refractivity contribution >= 4 is 17.7 Å². The first-order valence-corrected chi connectivity index (χ1v) is 10.3. The largest absolute Gasteiger partial charge is 0.486 e. The summed E-state index contributed by atoms with van der Waals surface area (Å²) in [6.07, 6.45) is 3.73. The van der Waals surface area contributed by atoms with Gasteiger partial charge in [0.15, 0.2) is 11.5 Å². The van der Waals surface area contributed by atoms with Crippen molar-refractivity contribution in [3.63, 3.8) is 0 Å². The van der Waals surface area contributed by atoms with Gasteiger partial charge in [-0.1, -0.05) is 18.9 Å². The number of hydrogen-bond acceptors (Lipinski definition) is 4. The van der Waals surface area contributed by atoms with Gasteiger partial charge in [-0.3, -0.25) is 4.79 Å². The molecular formula is C21H21F2NO3S. The Morgan fingerprint density at radius 3 is 2.54 bits per heavy atom. The lowest BCUT2D eigenvalue weighted by atomic mass is 9.87. The number of amides is 1. The predicted octanol–water partition coefficient (Wildman–Crippen LogP) is 4.41. The lowest BCUT2D eigenvalue weighted by Crippen LogP contribution is -2.44. The fourth-order valence-corrected chi connectivity index (χ4v) is 4.56. The fraction of sp³-hybridized carbons (Fsp3) is 0.381. The van der Waals surface area contributed by atoms with Gasteiger partial charge in [0.1, 0.15) is 24.8 Å². The number of rotatable bonds is 5. The smallest absolute Gasteiger partial charge is 0.231 e. The third-order valence-corrected chi connectivity index (χ3v) is 6.23. The maximum atomic E-state index is 13.8. The average Bonchev–Trinajstić information content (AvgIpc) is 3.16. The summed E-state index contributed by atoms with van der Waals surface area (Å²) >= 11 is 1.07. The van der Waals surface area contributed by atoms with Crippen LogP contribution in [0, 0.1) is 11.6 Å². The molecule has 0 unspecified atom stereocenters. The van der Waals surface area contributed by atoms with Crippen LogP contribution in [0.4, 0.5) is 8.78 Å². The molecule has 2 aromatic rings. The number of carbonyl (C=O) groups is 1. The normalized spacial score (nSPS) is 17.4. The van der Waals surface area contributed by atoms with Crippen LogP contribution in [-0.2, 0) is 10.3 Å². The van der Waals surface area contributed by atoms with E-state index in [1.165, 1.54) is 12.1 Å². The summed E-state index contributed by atoms with van der Waals surface area (Å²) in [5, 5.41) is 3.16. The lowest BCUT2D eigenvalue weighted by molar-refractivity contribution is -0.120. The van der Waals surface area contributed by atoms with E-state index in [0.717, 1.165) is 54.8 Å². The van der Waals surface area contributed by atoms with Crippen molar-refractivity contribution in [2.45, 2.75) is 36.1 Å². The molecule has 0 radical (unpaired) electrons. The molecule has 0 bridgehead atoms. The van der Waals surface area contributed by atoms with E-state index in [9.17, 15) is 13.6 Å². The van der Waals surface area contributed by atoms with Crippen LogP contribution < -0.4 is 14.8 Å². The van der Waals surface area contributed by atoms with Crippen LogP contribution in [0.3, 0.4) is 0 Å². The molecule has 1 aliphatic heterocycles. The van der Waals surface area contributed by atoms with Crippen LogP contribution in [0.5, 0.6) is 11.5 Å². The molecule has 0 saturated heterocycles. The molecule has 0 atom stereocenters. The minimum atomic E-state index is -0.653. The van der Waals surface area contributed by atoms with Gasteiger partial charge in [0.25, 0.3) is 0 Å². The Kier molecular flexibility index (Phi) is 5.44. The molecule has 1 aliphatic carbocycles. The highest BCUT2D eigenvalue weighted by atomic mass is 32.2. The first-order chi connectivity index (χ1) is 13.6. The molecule has 28 heavy (non-hydrogen) atoms. The third kappa shape index (κ3) is 3.94. The number of nitrogens with one attached hydrogen (secondary N) is 1. The standard InChI is InChI=1S/C21H21F2NO3S/c22-15-4-6-19(16(23)12-15)28-13-20(25)24-21(7-1-2-8-21)14-3-5-17-18(11-14)27-10-9-26-17/h3-6,11-12H,1-2,7-10,13H2,(H,24,25). The van der Waals surface area contributed by atoms with Crippen LogP contribution in [0.2, 0.25) is 0 Å². The summed E-state index contributed by atoms with van der Waals surface area (Å²) in [7, 11) is 0. The second kappa shape index (κ2) is 7.99. The van der Waals surface area contributed by atoms with Crippen molar-refractivity contribution in [1.29, 1.82) is 0 Å². The Balaban J connectivity index is 1.48. The fourth-order valence-electron chi connectivity index (χ4n) is 3.84. The first-order valence-electron chi connectivity index (χ1n) is 9.35. The molecule has 7 heteroatoms. The van der Waals surface area contributed by atoms with Gasteiger partial charge in [-0.2, -0.15) is 0 Å². The van der Waals surface area contributed by atoms with E-state index in [0.29, 0.717) is 19.0 Å². The van der Waals surface area contributed by atoms with Crippen LogP contribution in [0.25, 0.3) is 0 Å². The molecule has 1 saturated carbocycles. The zero-order valence-corrected chi connectivity index (χ0v) is 16.1. The summed E-state index contributed by atoms with van der Waals surface area (Å²) in [6.45, 7) is 1.04. The van der Waals surface area contributed by atoms with E-state index in [1.807, 2.05) is 18.2 Å².